The van der Waals surface area contributed by atoms with Crippen molar-refractivity contribution in [1.29, 1.82) is 0 Å². The number of benzene rings is 3. The lowest BCUT2D eigenvalue weighted by Crippen LogP contribution is -2.16. The Hall–Kier alpha value is -4.23. The summed E-state index contributed by atoms with van der Waals surface area (Å²) in [6.45, 7) is 2.46. The minimum absolute atomic E-state index is 0.0950. The van der Waals surface area contributed by atoms with Crippen molar-refractivity contribution >= 4 is 35.3 Å². The fourth-order valence-corrected chi connectivity index (χ4v) is 4.26. The van der Waals surface area contributed by atoms with Crippen LogP contribution in [0.5, 0.6) is 11.6 Å². The van der Waals surface area contributed by atoms with Gasteiger partial charge in [0.25, 0.3) is 5.56 Å². The maximum Gasteiger partial charge on any atom is 0.262 e. The van der Waals surface area contributed by atoms with Crippen LogP contribution in [0.15, 0.2) is 88.6 Å². The third-order valence-electron chi connectivity index (χ3n) is 5.54. The Morgan fingerprint density at radius 2 is 1.74 bits per heavy atom. The van der Waals surface area contributed by atoms with Gasteiger partial charge >= 0.3 is 0 Å². The number of fused-ring (bicyclic) bond motifs is 1. The number of rotatable bonds is 5. The number of hydrogen-bond donors (Lipinski definition) is 2. The van der Waals surface area contributed by atoms with Gasteiger partial charge in [-0.25, -0.2) is 4.99 Å². The fraction of sp³-hybridized carbons (Fsp3) is 0.0741. The summed E-state index contributed by atoms with van der Waals surface area (Å²) >= 11 is 5.37. The van der Waals surface area contributed by atoms with Crippen molar-refractivity contribution in [2.75, 3.05) is 6.61 Å². The summed E-state index contributed by atoms with van der Waals surface area (Å²) < 4.78 is 7.02. The molecule has 1 aliphatic heterocycles. The Kier molecular flexibility index (Phi) is 5.69. The smallest absolute Gasteiger partial charge is 0.262 e. The minimum Gasteiger partial charge on any atom is -0.494 e. The first-order valence-corrected chi connectivity index (χ1v) is 11.2. The molecule has 0 spiro atoms. The molecule has 0 atom stereocenters. The topological polar surface area (TPSA) is 79.6 Å². The molecule has 5 rings (SSSR count). The number of ether oxygens (including phenoxy) is 1. The number of aliphatic imine (C=N–C) groups is 1. The van der Waals surface area contributed by atoms with Crippen LogP contribution in [0.1, 0.15) is 23.6 Å². The van der Waals surface area contributed by atoms with Crippen molar-refractivity contribution in [2.24, 2.45) is 4.99 Å². The molecular formula is C27H21N3O3S. The molecule has 6 nitrogen and oxygen atoms in total. The van der Waals surface area contributed by atoms with E-state index in [1.165, 1.54) is 4.57 Å². The average molecular weight is 468 g/mol. The van der Waals surface area contributed by atoms with Crippen LogP contribution in [0.4, 0.5) is 5.69 Å². The lowest BCUT2D eigenvalue weighted by molar-refractivity contribution is 0.340. The molecule has 2 heterocycles. The summed E-state index contributed by atoms with van der Waals surface area (Å²) in [4.78, 5) is 20.4. The zero-order valence-corrected chi connectivity index (χ0v) is 19.2. The van der Waals surface area contributed by atoms with Crippen molar-refractivity contribution < 1.29 is 9.84 Å². The molecule has 0 unspecified atom stereocenters. The van der Waals surface area contributed by atoms with E-state index < -0.39 is 5.56 Å². The second-order valence-corrected chi connectivity index (χ2v) is 8.05. The predicted octanol–water partition coefficient (Wildman–Crippen LogP) is 5.67. The second kappa shape index (κ2) is 8.96. The average Bonchev–Trinajstić information content (AvgIpc) is 3.22. The zero-order valence-electron chi connectivity index (χ0n) is 18.4. The molecule has 1 aliphatic rings. The molecule has 0 bridgehead atoms. The molecule has 34 heavy (non-hydrogen) atoms. The molecule has 0 saturated heterocycles. The van der Waals surface area contributed by atoms with E-state index in [1.54, 1.807) is 30.3 Å². The molecule has 0 fully saturated rings. The van der Waals surface area contributed by atoms with E-state index >= 15 is 0 Å². The van der Waals surface area contributed by atoms with Gasteiger partial charge in [0.1, 0.15) is 11.3 Å². The molecule has 168 valence electrons. The summed E-state index contributed by atoms with van der Waals surface area (Å²) in [6, 6.07) is 24.6. The minimum atomic E-state index is -0.478. The molecule has 0 radical (unpaired) electrons. The fourth-order valence-electron chi connectivity index (χ4n) is 3.98. The van der Waals surface area contributed by atoms with Crippen LogP contribution in [0.2, 0.25) is 0 Å². The van der Waals surface area contributed by atoms with Crippen LogP contribution in [0.3, 0.4) is 0 Å². The van der Waals surface area contributed by atoms with E-state index in [4.69, 9.17) is 21.9 Å². The molecule has 3 aromatic carbocycles. The van der Waals surface area contributed by atoms with Gasteiger partial charge in [0.05, 0.1) is 23.7 Å². The van der Waals surface area contributed by atoms with E-state index in [-0.39, 0.29) is 16.2 Å². The molecule has 7 heteroatoms. The van der Waals surface area contributed by atoms with Crippen molar-refractivity contribution in [3.8, 4) is 17.3 Å². The number of allylic oxidation sites excluding steroid dienone is 1. The van der Waals surface area contributed by atoms with Gasteiger partial charge < -0.3 is 9.84 Å². The Morgan fingerprint density at radius 3 is 2.47 bits per heavy atom. The number of H-pyrrole nitrogens is 1. The number of nitrogens with one attached hydrogen (secondary N) is 1. The number of hydrogen-bond acceptors (Lipinski definition) is 5. The highest BCUT2D eigenvalue weighted by Crippen LogP contribution is 2.38. The number of para-hydroxylation sites is 1. The van der Waals surface area contributed by atoms with Gasteiger partial charge in [-0.2, -0.15) is 0 Å². The van der Waals surface area contributed by atoms with E-state index in [2.05, 4.69) is 4.98 Å². The maximum atomic E-state index is 12.9. The monoisotopic (exact) mass is 467 g/mol. The second-order valence-electron chi connectivity index (χ2n) is 7.66. The molecule has 0 saturated carbocycles. The first kappa shape index (κ1) is 21.6. The molecule has 1 aromatic heterocycles. The summed E-state index contributed by atoms with van der Waals surface area (Å²) in [5, 5.41) is 11.2. The predicted molar refractivity (Wildman–Crippen MR) is 137 cm³/mol. The van der Waals surface area contributed by atoms with Crippen LogP contribution < -0.4 is 10.3 Å². The standard InChI is InChI=1S/C27H21N3O3S/c1-2-33-19-14-12-18(13-15-19)30-26(32)22(25(31)29-27(30)34)16-21-20-10-6-7-11-23(20)28-24(21)17-8-4-3-5-9-17/h3-16,32H,2H2,1H3,(H,29,31,34)/b21-16+. The van der Waals surface area contributed by atoms with Crippen LogP contribution in [0.25, 0.3) is 17.3 Å². The largest absolute Gasteiger partial charge is 0.494 e. The molecule has 4 aromatic rings. The molecule has 2 N–H and O–H groups in total. The lowest BCUT2D eigenvalue weighted by Gasteiger charge is -2.13. The van der Waals surface area contributed by atoms with Gasteiger partial charge in [-0.15, -0.1) is 0 Å². The molecule has 0 aliphatic carbocycles. The van der Waals surface area contributed by atoms with Crippen LogP contribution in [-0.4, -0.2) is 27.0 Å². The summed E-state index contributed by atoms with van der Waals surface area (Å²) in [5.74, 6) is 0.456. The quantitative estimate of drug-likeness (QED) is 0.371. The first-order chi connectivity index (χ1) is 16.6. The molecule has 0 amide bonds. The van der Waals surface area contributed by atoms with E-state index in [1.807, 2.05) is 61.5 Å². The van der Waals surface area contributed by atoms with Gasteiger partial charge in [0, 0.05) is 16.7 Å². The third kappa shape index (κ3) is 3.86. The third-order valence-corrected chi connectivity index (χ3v) is 5.83. The highest BCUT2D eigenvalue weighted by Gasteiger charge is 2.23. The van der Waals surface area contributed by atoms with Crippen molar-refractivity contribution in [2.45, 2.75) is 6.92 Å². The number of aromatic amines is 1. The van der Waals surface area contributed by atoms with E-state index in [0.717, 1.165) is 28.1 Å². The highest BCUT2D eigenvalue weighted by molar-refractivity contribution is 7.71. The van der Waals surface area contributed by atoms with Crippen molar-refractivity contribution in [3.63, 3.8) is 0 Å². The SMILES string of the molecule is CCOc1ccc(-n2c(O)c(/C=C3/C(c4ccccc4)=Nc4ccccc43)c(=O)[nH]c2=S)cc1. The summed E-state index contributed by atoms with van der Waals surface area (Å²) in [7, 11) is 0. The Labute approximate surface area is 201 Å². The Morgan fingerprint density at radius 1 is 1.03 bits per heavy atom. The van der Waals surface area contributed by atoms with E-state index in [9.17, 15) is 9.90 Å². The van der Waals surface area contributed by atoms with Crippen LogP contribution >= 0.6 is 12.2 Å². The first-order valence-electron chi connectivity index (χ1n) is 10.8. The molecular weight excluding hydrogens is 446 g/mol. The van der Waals surface area contributed by atoms with Gasteiger partial charge in [0.2, 0.25) is 5.88 Å². The van der Waals surface area contributed by atoms with Gasteiger partial charge in [-0.05, 0) is 55.5 Å². The number of aromatic nitrogens is 2. The van der Waals surface area contributed by atoms with E-state index in [0.29, 0.717) is 18.0 Å². The van der Waals surface area contributed by atoms with Gasteiger partial charge in [0.15, 0.2) is 4.77 Å². The highest BCUT2D eigenvalue weighted by atomic mass is 32.1. The lowest BCUT2D eigenvalue weighted by atomic mass is 9.96. The maximum absolute atomic E-state index is 12.9. The Bertz CT molecular complexity index is 1550. The van der Waals surface area contributed by atoms with Crippen molar-refractivity contribution in [3.05, 3.63) is 111 Å². The summed E-state index contributed by atoms with van der Waals surface area (Å²) in [5.41, 5.74) is 4.31. The number of aromatic hydroxyl groups is 1. The van der Waals surface area contributed by atoms with Gasteiger partial charge in [-0.1, -0.05) is 48.5 Å². The van der Waals surface area contributed by atoms with Crippen molar-refractivity contribution in [1.82, 2.24) is 9.55 Å². The van der Waals surface area contributed by atoms with Crippen LogP contribution in [0, 0.1) is 4.77 Å². The van der Waals surface area contributed by atoms with Crippen LogP contribution in [-0.2, 0) is 0 Å². The van der Waals surface area contributed by atoms with Gasteiger partial charge in [-0.3, -0.25) is 14.3 Å². The number of nitrogens with zero attached hydrogens (tertiary/aromatic N) is 2. The summed E-state index contributed by atoms with van der Waals surface area (Å²) in [6.07, 6.45) is 1.67. The Balaban J connectivity index is 1.69. The zero-order chi connectivity index (χ0) is 23.7. The normalized spacial score (nSPS) is 13.6.